The van der Waals surface area contributed by atoms with Crippen LogP contribution < -0.4 is 0 Å². The van der Waals surface area contributed by atoms with E-state index in [4.69, 9.17) is 14.6 Å². The summed E-state index contributed by atoms with van der Waals surface area (Å²) in [6.45, 7) is 5.28. The molecular weight excluding hydrogens is 252 g/mol. The van der Waals surface area contributed by atoms with Crippen LogP contribution >= 0.6 is 0 Å². The van der Waals surface area contributed by atoms with Gasteiger partial charge in [-0.15, -0.1) is 0 Å². The number of rotatable bonds is 11. The molecule has 0 aromatic carbocycles. The zero-order valence-corrected chi connectivity index (χ0v) is 12.1. The van der Waals surface area contributed by atoms with Crippen LogP contribution in [0.3, 0.4) is 0 Å². The maximum atomic E-state index is 9.97. The number of ether oxygens (including phenoxy) is 2. The van der Waals surface area contributed by atoms with Crippen LogP contribution in [0.5, 0.6) is 0 Å². The molecule has 0 amide bonds. The van der Waals surface area contributed by atoms with Crippen LogP contribution in [0.25, 0.3) is 0 Å². The Labute approximate surface area is 115 Å². The molecule has 6 heteroatoms. The van der Waals surface area contributed by atoms with Crippen LogP contribution in [-0.4, -0.2) is 70.8 Å². The van der Waals surface area contributed by atoms with E-state index in [1.807, 2.05) is 0 Å². The summed E-state index contributed by atoms with van der Waals surface area (Å²) in [4.78, 5) is 0. The highest BCUT2D eigenvalue weighted by Crippen LogP contribution is 2.15. The highest BCUT2D eigenvalue weighted by atomic mass is 16.5. The summed E-state index contributed by atoms with van der Waals surface area (Å²) < 4.78 is 10.5. The monoisotopic (exact) mass is 280 g/mol. The van der Waals surface area contributed by atoms with Gasteiger partial charge in [0.2, 0.25) is 0 Å². The van der Waals surface area contributed by atoms with Crippen molar-refractivity contribution < 1.29 is 29.9 Å². The first-order valence-corrected chi connectivity index (χ1v) is 6.72. The van der Waals surface area contributed by atoms with Gasteiger partial charge in [-0.1, -0.05) is 13.8 Å². The second kappa shape index (κ2) is 8.84. The van der Waals surface area contributed by atoms with Gasteiger partial charge in [0, 0.05) is 0 Å². The van der Waals surface area contributed by atoms with Gasteiger partial charge in [-0.3, -0.25) is 0 Å². The first kappa shape index (κ1) is 18.8. The molecule has 0 heterocycles. The number of hydrogen-bond donors (Lipinski definition) is 4. The summed E-state index contributed by atoms with van der Waals surface area (Å²) in [6, 6.07) is 0. The average molecular weight is 280 g/mol. The lowest BCUT2D eigenvalue weighted by Crippen LogP contribution is -2.44. The Kier molecular flexibility index (Phi) is 8.73. The van der Waals surface area contributed by atoms with Crippen molar-refractivity contribution in [2.75, 3.05) is 33.0 Å². The summed E-state index contributed by atoms with van der Waals surface area (Å²) in [5.41, 5.74) is -2.45. The van der Waals surface area contributed by atoms with E-state index in [0.29, 0.717) is 12.8 Å². The summed E-state index contributed by atoms with van der Waals surface area (Å²) in [7, 11) is 0. The minimum Gasteiger partial charge on any atom is -0.393 e. The minimum atomic E-state index is -1.24. The molecule has 0 aromatic rings. The maximum Gasteiger partial charge on any atom is 0.113 e. The molecule has 0 rings (SSSR count). The van der Waals surface area contributed by atoms with Gasteiger partial charge in [-0.05, 0) is 19.8 Å². The van der Waals surface area contributed by atoms with Crippen molar-refractivity contribution in [3.8, 4) is 0 Å². The number of aliphatic hydroxyl groups is 4. The molecule has 0 radical (unpaired) electrons. The van der Waals surface area contributed by atoms with Crippen LogP contribution in [0.2, 0.25) is 0 Å². The Morgan fingerprint density at radius 1 is 1.00 bits per heavy atom. The van der Waals surface area contributed by atoms with Crippen molar-refractivity contribution in [1.82, 2.24) is 0 Å². The molecule has 0 spiro atoms. The molecule has 0 fully saturated rings. The SMILES string of the molecule is CCC(O)(CO)COCCOCC(O)(CC)C(C)O. The first-order valence-electron chi connectivity index (χ1n) is 6.72. The number of aliphatic hydroxyl groups excluding tert-OH is 2. The molecule has 6 nitrogen and oxygen atoms in total. The third-order valence-corrected chi connectivity index (χ3v) is 3.44. The zero-order valence-electron chi connectivity index (χ0n) is 12.1. The Morgan fingerprint density at radius 3 is 1.89 bits per heavy atom. The van der Waals surface area contributed by atoms with E-state index in [1.54, 1.807) is 13.8 Å². The summed E-state index contributed by atoms with van der Waals surface area (Å²) >= 11 is 0. The smallest absolute Gasteiger partial charge is 0.113 e. The van der Waals surface area contributed by atoms with Crippen molar-refractivity contribution in [3.63, 3.8) is 0 Å². The van der Waals surface area contributed by atoms with Crippen molar-refractivity contribution in [2.24, 2.45) is 0 Å². The Hall–Kier alpha value is -0.240. The predicted molar refractivity (Wildman–Crippen MR) is 70.9 cm³/mol. The Balaban J connectivity index is 3.77. The molecule has 4 N–H and O–H groups in total. The third kappa shape index (κ3) is 6.65. The predicted octanol–water partition coefficient (Wildman–Crippen LogP) is -0.325. The lowest BCUT2D eigenvalue weighted by atomic mass is 9.96. The van der Waals surface area contributed by atoms with E-state index in [2.05, 4.69) is 0 Å². The molecule has 3 atom stereocenters. The van der Waals surface area contributed by atoms with Crippen molar-refractivity contribution in [2.45, 2.75) is 50.9 Å². The van der Waals surface area contributed by atoms with Gasteiger partial charge in [0.1, 0.15) is 11.2 Å². The van der Waals surface area contributed by atoms with Crippen molar-refractivity contribution >= 4 is 0 Å². The van der Waals surface area contributed by atoms with Crippen LogP contribution in [0.15, 0.2) is 0 Å². The summed E-state index contributed by atoms with van der Waals surface area (Å²) in [6.07, 6.45) is -0.0638. The molecule has 116 valence electrons. The third-order valence-electron chi connectivity index (χ3n) is 3.44. The molecule has 0 aliphatic carbocycles. The van der Waals surface area contributed by atoms with Crippen LogP contribution in [0.1, 0.15) is 33.6 Å². The van der Waals surface area contributed by atoms with Gasteiger partial charge >= 0.3 is 0 Å². The zero-order chi connectivity index (χ0) is 14.9. The minimum absolute atomic E-state index is 0.0303. The molecular formula is C13H28O6. The molecule has 19 heavy (non-hydrogen) atoms. The van der Waals surface area contributed by atoms with Gasteiger partial charge in [0.15, 0.2) is 0 Å². The highest BCUT2D eigenvalue weighted by molar-refractivity contribution is 4.82. The molecule has 3 unspecified atom stereocenters. The molecule has 0 aliphatic heterocycles. The van der Waals surface area contributed by atoms with Crippen LogP contribution in [0.4, 0.5) is 0 Å². The van der Waals surface area contributed by atoms with Crippen LogP contribution in [0, 0.1) is 0 Å². The maximum absolute atomic E-state index is 9.97. The lowest BCUT2D eigenvalue weighted by Gasteiger charge is -2.29. The highest BCUT2D eigenvalue weighted by Gasteiger charge is 2.30. The second-order valence-corrected chi connectivity index (χ2v) is 4.97. The molecule has 0 bridgehead atoms. The second-order valence-electron chi connectivity index (χ2n) is 4.97. The van der Waals surface area contributed by atoms with E-state index < -0.39 is 17.3 Å². The van der Waals surface area contributed by atoms with Crippen LogP contribution in [-0.2, 0) is 9.47 Å². The average Bonchev–Trinajstić information content (AvgIpc) is 2.41. The normalized spacial score (nSPS) is 19.7. The topological polar surface area (TPSA) is 99.4 Å². The van der Waals surface area contributed by atoms with E-state index in [0.717, 1.165) is 0 Å². The Morgan fingerprint density at radius 2 is 1.53 bits per heavy atom. The van der Waals surface area contributed by atoms with Gasteiger partial charge in [-0.25, -0.2) is 0 Å². The van der Waals surface area contributed by atoms with E-state index in [1.165, 1.54) is 6.92 Å². The summed E-state index contributed by atoms with van der Waals surface area (Å²) in [5, 5.41) is 38.1. The van der Waals surface area contributed by atoms with Gasteiger partial charge in [0.05, 0.1) is 39.1 Å². The first-order chi connectivity index (χ1) is 8.83. The standard InChI is InChI=1S/C13H28O6/c1-4-12(16,8-14)9-18-6-7-19-10-13(17,5-2)11(3)15/h11,14-17H,4-10H2,1-3H3. The van der Waals surface area contributed by atoms with Gasteiger partial charge < -0.3 is 29.9 Å². The number of hydrogen-bond acceptors (Lipinski definition) is 6. The van der Waals surface area contributed by atoms with E-state index in [9.17, 15) is 15.3 Å². The summed E-state index contributed by atoms with van der Waals surface area (Å²) in [5.74, 6) is 0. The van der Waals surface area contributed by atoms with Crippen molar-refractivity contribution in [1.29, 1.82) is 0 Å². The molecule has 0 saturated carbocycles. The van der Waals surface area contributed by atoms with Gasteiger partial charge in [-0.2, -0.15) is 0 Å². The molecule has 0 saturated heterocycles. The fourth-order valence-electron chi connectivity index (χ4n) is 1.41. The van der Waals surface area contributed by atoms with E-state index in [-0.39, 0.29) is 33.0 Å². The Bertz CT molecular complexity index is 229. The fourth-order valence-corrected chi connectivity index (χ4v) is 1.41. The fraction of sp³-hybridized carbons (Fsp3) is 1.00. The molecule has 0 aliphatic rings. The van der Waals surface area contributed by atoms with Gasteiger partial charge in [0.25, 0.3) is 0 Å². The largest absolute Gasteiger partial charge is 0.393 e. The van der Waals surface area contributed by atoms with E-state index >= 15 is 0 Å². The van der Waals surface area contributed by atoms with Crippen molar-refractivity contribution in [3.05, 3.63) is 0 Å². The lowest BCUT2D eigenvalue weighted by molar-refractivity contribution is -0.127. The molecule has 0 aromatic heterocycles. The quantitative estimate of drug-likeness (QED) is 0.387.